The van der Waals surface area contributed by atoms with Gasteiger partial charge in [0.25, 0.3) is 0 Å². The topological polar surface area (TPSA) is 36.9 Å². The third-order valence-electron chi connectivity index (χ3n) is 6.60. The Labute approximate surface area is 197 Å². The van der Waals surface area contributed by atoms with Gasteiger partial charge in [0.2, 0.25) is 0 Å². The molecular weight excluding hydrogens is 528 g/mol. The third-order valence-corrected chi connectivity index (χ3v) is 18.4. The van der Waals surface area contributed by atoms with Crippen LogP contribution in [-0.4, -0.2) is 46.6 Å². The first kappa shape index (κ1) is 20.5. The van der Waals surface area contributed by atoms with Gasteiger partial charge in [-0.15, -0.1) is 0 Å². The number of methoxy groups -OCH3 is 4. The van der Waals surface area contributed by atoms with Crippen LogP contribution in [0.3, 0.4) is 0 Å². The molecule has 0 N–H and O–H groups in total. The minimum atomic E-state index is -3.72. The second kappa shape index (κ2) is 7.45. The quantitative estimate of drug-likeness (QED) is 0.316. The zero-order chi connectivity index (χ0) is 22.7. The van der Waals surface area contributed by atoms with Gasteiger partial charge >= 0.3 is 198 Å². The SMILES string of the molecule is COc1cccc2c1[Te]1(c3c(OC)cccc3-2)c2c(OC)cccc2-c2cccc(OC)c21. The van der Waals surface area contributed by atoms with Crippen LogP contribution in [0, 0.1) is 0 Å². The van der Waals surface area contributed by atoms with Crippen molar-refractivity contribution >= 4 is 32.6 Å². The molecule has 0 fully saturated rings. The fourth-order valence-corrected chi connectivity index (χ4v) is 19.9. The van der Waals surface area contributed by atoms with E-state index in [0.29, 0.717) is 0 Å². The van der Waals surface area contributed by atoms with Crippen LogP contribution < -0.4 is 33.4 Å². The maximum atomic E-state index is 6.05. The summed E-state index contributed by atoms with van der Waals surface area (Å²) in [5, 5.41) is 0. The third kappa shape index (κ3) is 2.42. The molecule has 2 aliphatic heterocycles. The van der Waals surface area contributed by atoms with Gasteiger partial charge in [-0.2, -0.15) is 0 Å². The molecule has 0 unspecified atom stereocenters. The Morgan fingerprint density at radius 3 is 0.848 bits per heavy atom. The van der Waals surface area contributed by atoms with Crippen molar-refractivity contribution in [1.82, 2.24) is 0 Å². The van der Waals surface area contributed by atoms with Crippen LogP contribution in [0.4, 0.5) is 0 Å². The normalized spacial score (nSPS) is 14.7. The zero-order valence-electron chi connectivity index (χ0n) is 19.0. The zero-order valence-corrected chi connectivity index (χ0v) is 21.3. The summed E-state index contributed by atoms with van der Waals surface area (Å²) < 4.78 is 29.3. The fourth-order valence-electron chi connectivity index (χ4n) is 5.43. The van der Waals surface area contributed by atoms with Crippen LogP contribution in [0.2, 0.25) is 0 Å². The number of rotatable bonds is 4. The molecule has 0 aromatic heterocycles. The van der Waals surface area contributed by atoms with Crippen molar-refractivity contribution in [2.45, 2.75) is 0 Å². The molecule has 5 heteroatoms. The molecule has 6 rings (SSSR count). The van der Waals surface area contributed by atoms with E-state index in [2.05, 4.69) is 72.8 Å². The summed E-state index contributed by atoms with van der Waals surface area (Å²) in [6.07, 6.45) is 0. The first-order chi connectivity index (χ1) is 16.2. The van der Waals surface area contributed by atoms with E-state index in [1.807, 2.05) is 0 Å². The van der Waals surface area contributed by atoms with Gasteiger partial charge < -0.3 is 0 Å². The number of hydrogen-bond donors (Lipinski definition) is 0. The Morgan fingerprint density at radius 1 is 0.394 bits per heavy atom. The summed E-state index contributed by atoms with van der Waals surface area (Å²) in [7, 11) is 7.03. The molecule has 166 valence electrons. The van der Waals surface area contributed by atoms with Crippen molar-refractivity contribution in [3.8, 4) is 45.3 Å². The van der Waals surface area contributed by atoms with E-state index < -0.39 is 18.2 Å². The number of ether oxygens (including phenoxy) is 4. The van der Waals surface area contributed by atoms with Gasteiger partial charge in [-0.05, 0) is 0 Å². The van der Waals surface area contributed by atoms with Crippen molar-refractivity contribution < 1.29 is 18.9 Å². The van der Waals surface area contributed by atoms with Crippen molar-refractivity contribution in [3.63, 3.8) is 0 Å². The number of benzene rings is 4. The van der Waals surface area contributed by atoms with Crippen molar-refractivity contribution in [2.75, 3.05) is 28.4 Å². The molecule has 4 nitrogen and oxygen atoms in total. The van der Waals surface area contributed by atoms with Crippen LogP contribution >= 0.6 is 0 Å². The maximum absolute atomic E-state index is 6.05. The van der Waals surface area contributed by atoms with Gasteiger partial charge in [0.1, 0.15) is 0 Å². The molecule has 0 bridgehead atoms. The van der Waals surface area contributed by atoms with E-state index in [9.17, 15) is 0 Å². The van der Waals surface area contributed by atoms with E-state index in [1.165, 1.54) is 36.7 Å². The van der Waals surface area contributed by atoms with Crippen LogP contribution in [0.25, 0.3) is 22.3 Å². The molecule has 2 aliphatic rings. The molecule has 0 saturated heterocycles. The predicted molar refractivity (Wildman–Crippen MR) is 134 cm³/mol. The predicted octanol–water partition coefficient (Wildman–Crippen LogP) is 3.06. The monoisotopic (exact) mass is 554 g/mol. The van der Waals surface area contributed by atoms with Crippen LogP contribution in [-0.2, 0) is 0 Å². The molecule has 0 amide bonds. The van der Waals surface area contributed by atoms with Gasteiger partial charge in [-0.25, -0.2) is 0 Å². The summed E-state index contributed by atoms with van der Waals surface area (Å²) in [5.41, 5.74) is 4.83. The number of fused-ring (bicyclic) bond motifs is 10. The van der Waals surface area contributed by atoms with Crippen molar-refractivity contribution in [3.05, 3.63) is 72.8 Å². The van der Waals surface area contributed by atoms with Crippen molar-refractivity contribution in [1.29, 1.82) is 0 Å². The van der Waals surface area contributed by atoms with Crippen LogP contribution in [0.15, 0.2) is 72.8 Å². The minimum absolute atomic E-state index is 0.905. The Hall–Kier alpha value is -3.13. The Balaban J connectivity index is 1.94. The van der Waals surface area contributed by atoms with E-state index in [-0.39, 0.29) is 0 Å². The second-order valence-electron chi connectivity index (χ2n) is 7.96. The fraction of sp³-hybridized carbons (Fsp3) is 0.143. The summed E-state index contributed by atoms with van der Waals surface area (Å²) in [6.45, 7) is 0. The molecule has 2 heterocycles. The molecule has 4 aromatic carbocycles. The molecule has 0 atom stereocenters. The molecular formula is C28H24O4Te. The van der Waals surface area contributed by atoms with Gasteiger partial charge in [0, 0.05) is 0 Å². The Bertz CT molecular complexity index is 1210. The van der Waals surface area contributed by atoms with Gasteiger partial charge in [0.15, 0.2) is 0 Å². The number of hydrogen-bond acceptors (Lipinski definition) is 4. The van der Waals surface area contributed by atoms with E-state index >= 15 is 0 Å². The van der Waals surface area contributed by atoms with E-state index in [4.69, 9.17) is 18.9 Å². The average Bonchev–Trinajstić information content (AvgIpc) is 3.35. The summed E-state index contributed by atoms with van der Waals surface area (Å²) in [6, 6.07) is 25.4. The summed E-state index contributed by atoms with van der Waals surface area (Å²) >= 11 is -3.72. The molecule has 0 saturated carbocycles. The van der Waals surface area contributed by atoms with Crippen molar-refractivity contribution in [2.24, 2.45) is 0 Å². The van der Waals surface area contributed by atoms with Crippen LogP contribution in [0.1, 0.15) is 0 Å². The van der Waals surface area contributed by atoms with E-state index in [1.54, 1.807) is 28.4 Å². The molecule has 0 radical (unpaired) electrons. The molecule has 1 spiro atoms. The average molecular weight is 552 g/mol. The standard InChI is InChI=1S/C28H24O4Te/c1-29-21-13-5-9-17-18-10-6-14-22(30-2)26(18)33(25(17)21)27-19(11-7-15-23(27)31-3)20-12-8-16-24(32-4)28(20)33/h5-16H,1-4H3. The van der Waals surface area contributed by atoms with Crippen LogP contribution in [0.5, 0.6) is 23.0 Å². The molecule has 0 aliphatic carbocycles. The van der Waals surface area contributed by atoms with E-state index in [0.717, 1.165) is 23.0 Å². The molecule has 4 aromatic rings. The Kier molecular flexibility index (Phi) is 4.62. The first-order valence-electron chi connectivity index (χ1n) is 10.7. The van der Waals surface area contributed by atoms with Gasteiger partial charge in [-0.3, -0.25) is 0 Å². The summed E-state index contributed by atoms with van der Waals surface area (Å²) in [5.74, 6) is 3.62. The van der Waals surface area contributed by atoms with Gasteiger partial charge in [0.05, 0.1) is 0 Å². The Morgan fingerprint density at radius 2 is 0.636 bits per heavy atom. The second-order valence-corrected chi connectivity index (χ2v) is 16.1. The molecule has 33 heavy (non-hydrogen) atoms. The summed E-state index contributed by atoms with van der Waals surface area (Å²) in [4.78, 5) is 0. The first-order valence-corrected chi connectivity index (χ1v) is 15.4. The van der Waals surface area contributed by atoms with Gasteiger partial charge in [-0.1, -0.05) is 0 Å².